The number of carbonyl (C=O) groups excluding carboxylic acids is 1. The van der Waals surface area contributed by atoms with Gasteiger partial charge in [-0.25, -0.2) is 4.79 Å². The quantitative estimate of drug-likeness (QED) is 0.662. The molecule has 2 aromatic heterocycles. The fraction of sp³-hybridized carbons (Fsp3) is 0.235. The first kappa shape index (κ1) is 15.8. The third-order valence-electron chi connectivity index (χ3n) is 3.49. The van der Waals surface area contributed by atoms with E-state index in [0.717, 1.165) is 11.3 Å². The molecule has 1 atom stereocenters. The minimum Gasteiger partial charge on any atom is -0.497 e. The van der Waals surface area contributed by atoms with Crippen molar-refractivity contribution in [2.45, 2.75) is 20.0 Å². The second-order valence-corrected chi connectivity index (χ2v) is 5.11. The minimum atomic E-state index is -0.675. The van der Waals surface area contributed by atoms with Crippen LogP contribution in [-0.4, -0.2) is 23.3 Å². The second kappa shape index (κ2) is 6.57. The molecular weight excluding hydrogens is 312 g/mol. The molecule has 0 radical (unpaired) electrons. The maximum absolute atomic E-state index is 12.1. The van der Waals surface area contributed by atoms with Gasteiger partial charge in [0.2, 0.25) is 5.89 Å². The lowest BCUT2D eigenvalue weighted by atomic mass is 10.2. The highest BCUT2D eigenvalue weighted by atomic mass is 16.6. The fourth-order valence-corrected chi connectivity index (χ4v) is 2.12. The van der Waals surface area contributed by atoms with E-state index in [9.17, 15) is 4.79 Å². The first-order valence-corrected chi connectivity index (χ1v) is 7.31. The number of esters is 1. The molecule has 24 heavy (non-hydrogen) atoms. The Balaban J connectivity index is 1.72. The normalized spacial score (nSPS) is 12.0. The first-order chi connectivity index (χ1) is 11.6. The molecule has 0 bridgehead atoms. The van der Waals surface area contributed by atoms with Gasteiger partial charge in [0.1, 0.15) is 17.1 Å². The molecule has 7 heteroatoms. The van der Waals surface area contributed by atoms with Gasteiger partial charge in [-0.05, 0) is 44.2 Å². The molecule has 7 nitrogen and oxygen atoms in total. The van der Waals surface area contributed by atoms with Crippen LogP contribution < -0.4 is 4.74 Å². The average Bonchev–Trinajstić information content (AvgIpc) is 3.24. The van der Waals surface area contributed by atoms with Gasteiger partial charge in [-0.15, -0.1) is 10.2 Å². The van der Waals surface area contributed by atoms with Gasteiger partial charge in [0, 0.05) is 5.56 Å². The molecule has 0 amide bonds. The third-order valence-corrected chi connectivity index (χ3v) is 3.49. The first-order valence-electron chi connectivity index (χ1n) is 7.31. The molecule has 1 aromatic carbocycles. The van der Waals surface area contributed by atoms with Crippen LogP contribution in [0.15, 0.2) is 45.4 Å². The van der Waals surface area contributed by atoms with Crippen LogP contribution >= 0.6 is 0 Å². The number of furan rings is 1. The van der Waals surface area contributed by atoms with E-state index < -0.39 is 12.1 Å². The number of ether oxygens (including phenoxy) is 2. The molecule has 0 fully saturated rings. The average molecular weight is 328 g/mol. The molecular formula is C17H16N2O5. The van der Waals surface area contributed by atoms with E-state index in [-0.39, 0.29) is 5.89 Å². The van der Waals surface area contributed by atoms with E-state index in [2.05, 4.69) is 10.2 Å². The van der Waals surface area contributed by atoms with E-state index in [1.165, 1.54) is 6.26 Å². The summed E-state index contributed by atoms with van der Waals surface area (Å²) in [5.41, 5.74) is 1.12. The SMILES string of the molecule is COc1ccc(-c2nnc([C@@H](C)OC(=O)c3ccoc3C)o2)cc1. The summed E-state index contributed by atoms with van der Waals surface area (Å²) in [6, 6.07) is 8.76. The Bertz CT molecular complexity index is 835. The molecule has 3 rings (SSSR count). The van der Waals surface area contributed by atoms with Gasteiger partial charge in [0.05, 0.1) is 13.4 Å². The van der Waals surface area contributed by atoms with Crippen LogP contribution in [0.2, 0.25) is 0 Å². The van der Waals surface area contributed by atoms with E-state index in [1.54, 1.807) is 39.2 Å². The lowest BCUT2D eigenvalue weighted by Crippen LogP contribution is -2.09. The predicted molar refractivity (Wildman–Crippen MR) is 83.6 cm³/mol. The molecule has 124 valence electrons. The molecule has 0 aliphatic rings. The fourth-order valence-electron chi connectivity index (χ4n) is 2.12. The van der Waals surface area contributed by atoms with Crippen LogP contribution in [0.4, 0.5) is 0 Å². The van der Waals surface area contributed by atoms with E-state index in [4.69, 9.17) is 18.3 Å². The van der Waals surface area contributed by atoms with Crippen LogP contribution in [0.3, 0.4) is 0 Å². The van der Waals surface area contributed by atoms with Crippen molar-refractivity contribution in [3.63, 3.8) is 0 Å². The topological polar surface area (TPSA) is 87.6 Å². The highest BCUT2D eigenvalue weighted by Gasteiger charge is 2.21. The van der Waals surface area contributed by atoms with Gasteiger partial charge in [-0.3, -0.25) is 0 Å². The molecule has 0 spiro atoms. The number of rotatable bonds is 5. The maximum Gasteiger partial charge on any atom is 0.342 e. The number of aryl methyl sites for hydroxylation is 1. The molecule has 0 aliphatic carbocycles. The van der Waals surface area contributed by atoms with Crippen molar-refractivity contribution in [1.29, 1.82) is 0 Å². The highest BCUT2D eigenvalue weighted by molar-refractivity contribution is 5.90. The molecule has 0 unspecified atom stereocenters. The third kappa shape index (κ3) is 3.15. The number of nitrogens with zero attached hydrogens (tertiary/aromatic N) is 2. The van der Waals surface area contributed by atoms with Crippen molar-refractivity contribution in [2.24, 2.45) is 0 Å². The number of methoxy groups -OCH3 is 1. The van der Waals surface area contributed by atoms with Crippen LogP contribution in [0.25, 0.3) is 11.5 Å². The summed E-state index contributed by atoms with van der Waals surface area (Å²) in [4.78, 5) is 12.1. The summed E-state index contributed by atoms with van der Waals surface area (Å²) in [6.45, 7) is 3.36. The van der Waals surface area contributed by atoms with Gasteiger partial charge < -0.3 is 18.3 Å². The zero-order chi connectivity index (χ0) is 17.1. The van der Waals surface area contributed by atoms with E-state index in [1.807, 2.05) is 12.1 Å². The predicted octanol–water partition coefficient (Wildman–Crippen LogP) is 3.56. The number of hydrogen-bond donors (Lipinski definition) is 0. The van der Waals surface area contributed by atoms with E-state index >= 15 is 0 Å². The lowest BCUT2D eigenvalue weighted by molar-refractivity contribution is 0.0278. The number of hydrogen-bond acceptors (Lipinski definition) is 7. The zero-order valence-corrected chi connectivity index (χ0v) is 13.5. The van der Waals surface area contributed by atoms with Crippen molar-refractivity contribution >= 4 is 5.97 Å². The number of benzene rings is 1. The lowest BCUT2D eigenvalue weighted by Gasteiger charge is -2.08. The van der Waals surface area contributed by atoms with Gasteiger partial charge in [0.15, 0.2) is 6.10 Å². The molecule has 0 aliphatic heterocycles. The smallest absolute Gasteiger partial charge is 0.342 e. The molecule has 0 saturated carbocycles. The molecule has 3 aromatic rings. The van der Waals surface area contributed by atoms with Crippen LogP contribution in [0.1, 0.15) is 35.0 Å². The Labute approximate surface area is 138 Å². The van der Waals surface area contributed by atoms with Crippen molar-refractivity contribution < 1.29 is 23.1 Å². The highest BCUT2D eigenvalue weighted by Crippen LogP contribution is 2.25. The summed E-state index contributed by atoms with van der Waals surface area (Å²) in [6.07, 6.45) is 0.761. The maximum atomic E-state index is 12.1. The minimum absolute atomic E-state index is 0.218. The van der Waals surface area contributed by atoms with E-state index in [0.29, 0.717) is 17.2 Å². The Morgan fingerprint density at radius 1 is 1.17 bits per heavy atom. The number of carbonyl (C=O) groups is 1. The molecule has 0 saturated heterocycles. The van der Waals surface area contributed by atoms with Crippen LogP contribution in [0.5, 0.6) is 5.75 Å². The Kier molecular flexibility index (Phi) is 4.33. The standard InChI is InChI=1S/C17H16N2O5/c1-10-14(8-9-22-10)17(20)23-11(2)15-18-19-16(24-15)12-4-6-13(21-3)7-5-12/h4-9,11H,1-3H3/t11-/m1/s1. The Morgan fingerprint density at radius 2 is 1.92 bits per heavy atom. The number of aromatic nitrogens is 2. The largest absolute Gasteiger partial charge is 0.497 e. The Morgan fingerprint density at radius 3 is 2.54 bits per heavy atom. The molecule has 0 N–H and O–H groups in total. The van der Waals surface area contributed by atoms with Crippen molar-refractivity contribution in [2.75, 3.05) is 7.11 Å². The van der Waals surface area contributed by atoms with Crippen molar-refractivity contribution in [1.82, 2.24) is 10.2 Å². The summed E-state index contributed by atoms with van der Waals surface area (Å²) in [5, 5.41) is 7.93. The van der Waals surface area contributed by atoms with Gasteiger partial charge in [0.25, 0.3) is 5.89 Å². The van der Waals surface area contributed by atoms with Gasteiger partial charge in [-0.1, -0.05) is 0 Å². The monoisotopic (exact) mass is 328 g/mol. The zero-order valence-electron chi connectivity index (χ0n) is 13.5. The van der Waals surface area contributed by atoms with Gasteiger partial charge >= 0.3 is 5.97 Å². The Hall–Kier alpha value is -3.09. The van der Waals surface area contributed by atoms with Crippen LogP contribution in [-0.2, 0) is 4.74 Å². The van der Waals surface area contributed by atoms with Crippen LogP contribution in [0, 0.1) is 6.92 Å². The summed E-state index contributed by atoms with van der Waals surface area (Å²) < 4.78 is 21.1. The summed E-state index contributed by atoms with van der Waals surface area (Å²) in [7, 11) is 1.59. The summed E-state index contributed by atoms with van der Waals surface area (Å²) in [5.74, 6) is 1.29. The van der Waals surface area contributed by atoms with Crippen molar-refractivity contribution in [3.05, 3.63) is 53.8 Å². The van der Waals surface area contributed by atoms with Gasteiger partial charge in [-0.2, -0.15) is 0 Å². The summed E-state index contributed by atoms with van der Waals surface area (Å²) >= 11 is 0. The molecule has 2 heterocycles. The van der Waals surface area contributed by atoms with Crippen molar-refractivity contribution in [3.8, 4) is 17.2 Å². The second-order valence-electron chi connectivity index (χ2n) is 5.11.